The Kier molecular flexibility index (Phi) is 6.73. The van der Waals surface area contributed by atoms with Crippen molar-refractivity contribution in [3.8, 4) is 16.9 Å². The maximum atomic E-state index is 14.3. The van der Waals surface area contributed by atoms with E-state index in [9.17, 15) is 19.1 Å². The zero-order chi connectivity index (χ0) is 28.7. The number of fused-ring (bicyclic) bond motifs is 3. The van der Waals surface area contributed by atoms with Gasteiger partial charge in [-0.1, -0.05) is 36.4 Å². The molecule has 1 aromatic heterocycles. The predicted octanol–water partition coefficient (Wildman–Crippen LogP) is 5.87. The molecule has 3 aromatic carbocycles. The molecule has 1 spiro atoms. The van der Waals surface area contributed by atoms with Crippen molar-refractivity contribution in [2.24, 2.45) is 0 Å². The fourth-order valence-corrected chi connectivity index (χ4v) is 6.46. The first-order valence-corrected chi connectivity index (χ1v) is 13.6. The van der Waals surface area contributed by atoms with Crippen molar-refractivity contribution in [2.75, 3.05) is 25.9 Å². The number of nitrogen functional groups attached to an aromatic ring is 1. The van der Waals surface area contributed by atoms with Crippen LogP contribution in [0.3, 0.4) is 0 Å². The van der Waals surface area contributed by atoms with Gasteiger partial charge in [-0.15, -0.1) is 0 Å². The number of nitrogens with zero attached hydrogens (tertiary/aromatic N) is 2. The number of carboxylic acids is 1. The van der Waals surface area contributed by atoms with Crippen molar-refractivity contribution in [1.29, 1.82) is 0 Å². The number of likely N-dealkylation sites (tertiary alicyclic amines) is 1. The number of aromatic nitrogens is 1. The SMILES string of the molecule is COC(=O)N1CCC2(CC1)CC(Oc1cc(F)ccc1CC(=O)O)c1cc(-c3cccc4c(N)nccc34)ccc12. The van der Waals surface area contributed by atoms with Crippen LogP contribution in [0.15, 0.2) is 66.9 Å². The van der Waals surface area contributed by atoms with Gasteiger partial charge in [-0.25, -0.2) is 14.2 Å². The number of rotatable bonds is 5. The molecule has 4 aromatic rings. The quantitative estimate of drug-likeness (QED) is 0.316. The topological polar surface area (TPSA) is 115 Å². The molecule has 6 rings (SSSR count). The fraction of sp³-hybridized carbons (Fsp3) is 0.281. The second kappa shape index (κ2) is 10.4. The Morgan fingerprint density at radius 2 is 1.90 bits per heavy atom. The summed E-state index contributed by atoms with van der Waals surface area (Å²) < 4.78 is 25.8. The Labute approximate surface area is 236 Å². The lowest BCUT2D eigenvalue weighted by atomic mass is 9.73. The third-order valence-electron chi connectivity index (χ3n) is 8.49. The summed E-state index contributed by atoms with van der Waals surface area (Å²) in [6.07, 6.45) is 2.69. The standard InChI is InChI=1S/C32H30FN3O5/c1-40-31(39)36-13-10-32(11-14-36)18-28(41-27-17-21(33)7-5-20(27)16-29(37)38)25-15-19(6-8-26(25)32)22-3-2-4-24-23(22)9-12-35-30(24)34/h2-9,12,15,17,28H,10-11,13-14,16,18H2,1H3,(H2,34,35)(H,37,38). The average molecular weight is 556 g/mol. The van der Waals surface area contributed by atoms with Crippen molar-refractivity contribution in [1.82, 2.24) is 9.88 Å². The zero-order valence-electron chi connectivity index (χ0n) is 22.6. The first kappa shape index (κ1) is 26.6. The highest BCUT2D eigenvalue weighted by Crippen LogP contribution is 2.53. The molecule has 8 nitrogen and oxygen atoms in total. The largest absolute Gasteiger partial charge is 0.485 e. The average Bonchev–Trinajstić information content (AvgIpc) is 3.26. The third-order valence-corrected chi connectivity index (χ3v) is 8.49. The van der Waals surface area contributed by atoms with E-state index in [2.05, 4.69) is 23.2 Å². The Balaban J connectivity index is 1.43. The molecule has 0 bridgehead atoms. The Bertz CT molecular complexity index is 1660. The van der Waals surface area contributed by atoms with E-state index in [-0.39, 0.29) is 23.7 Å². The maximum absolute atomic E-state index is 14.3. The van der Waals surface area contributed by atoms with E-state index in [1.165, 1.54) is 25.3 Å². The Morgan fingerprint density at radius 1 is 1.10 bits per heavy atom. The minimum absolute atomic E-state index is 0.224. The number of anilines is 1. The molecule has 1 aliphatic carbocycles. The van der Waals surface area contributed by atoms with E-state index >= 15 is 0 Å². The summed E-state index contributed by atoms with van der Waals surface area (Å²) in [6.45, 7) is 1.08. The normalized spacial score (nSPS) is 17.4. The van der Waals surface area contributed by atoms with Crippen LogP contribution in [-0.2, 0) is 21.4 Å². The van der Waals surface area contributed by atoms with Crippen molar-refractivity contribution in [3.63, 3.8) is 0 Å². The number of ether oxygens (including phenoxy) is 2. The molecule has 1 atom stereocenters. The third kappa shape index (κ3) is 4.81. The predicted molar refractivity (Wildman–Crippen MR) is 152 cm³/mol. The molecule has 3 N–H and O–H groups in total. The van der Waals surface area contributed by atoms with E-state index in [1.54, 1.807) is 11.1 Å². The Hall–Kier alpha value is -4.66. The number of carbonyl (C=O) groups excluding carboxylic acids is 1. The summed E-state index contributed by atoms with van der Waals surface area (Å²) in [4.78, 5) is 29.6. The number of carbonyl (C=O) groups is 2. The number of nitrogens with two attached hydrogens (primary N) is 1. The van der Waals surface area contributed by atoms with Crippen LogP contribution in [0, 0.1) is 5.82 Å². The number of carboxylic acid groups (broad SMARTS) is 1. The van der Waals surface area contributed by atoms with Gasteiger partial charge in [-0.05, 0) is 65.1 Å². The van der Waals surface area contributed by atoms with E-state index in [4.69, 9.17) is 15.2 Å². The highest BCUT2D eigenvalue weighted by Gasteiger charge is 2.47. The molecule has 1 aliphatic heterocycles. The lowest BCUT2D eigenvalue weighted by molar-refractivity contribution is -0.136. The van der Waals surface area contributed by atoms with Crippen LogP contribution in [0.2, 0.25) is 0 Å². The lowest BCUT2D eigenvalue weighted by Gasteiger charge is -2.39. The van der Waals surface area contributed by atoms with Gasteiger partial charge in [-0.3, -0.25) is 4.79 Å². The summed E-state index contributed by atoms with van der Waals surface area (Å²) in [5, 5.41) is 11.3. The van der Waals surface area contributed by atoms with E-state index in [0.717, 1.165) is 45.9 Å². The number of benzene rings is 3. The van der Waals surface area contributed by atoms with Crippen LogP contribution in [0.4, 0.5) is 15.0 Å². The number of hydrogen-bond acceptors (Lipinski definition) is 6. The van der Waals surface area contributed by atoms with Gasteiger partial charge in [-0.2, -0.15) is 0 Å². The number of aliphatic carboxylic acids is 1. The Morgan fingerprint density at radius 3 is 2.66 bits per heavy atom. The van der Waals surface area contributed by atoms with Gasteiger partial charge < -0.3 is 25.2 Å². The van der Waals surface area contributed by atoms with Crippen LogP contribution in [0.1, 0.15) is 42.1 Å². The van der Waals surface area contributed by atoms with Crippen LogP contribution < -0.4 is 10.5 Å². The summed E-state index contributed by atoms with van der Waals surface area (Å²) >= 11 is 0. The molecular weight excluding hydrogens is 525 g/mol. The van der Waals surface area contributed by atoms with E-state index in [1.807, 2.05) is 24.3 Å². The summed E-state index contributed by atoms with van der Waals surface area (Å²) in [6, 6.07) is 18.2. The first-order chi connectivity index (χ1) is 19.8. The molecule has 1 saturated heterocycles. The number of amides is 1. The summed E-state index contributed by atoms with van der Waals surface area (Å²) in [5.74, 6) is -0.835. The van der Waals surface area contributed by atoms with Crippen LogP contribution in [0.25, 0.3) is 21.9 Å². The van der Waals surface area contributed by atoms with Crippen molar-refractivity contribution in [2.45, 2.75) is 37.2 Å². The van der Waals surface area contributed by atoms with Crippen LogP contribution >= 0.6 is 0 Å². The van der Waals surface area contributed by atoms with Gasteiger partial charge in [0.15, 0.2) is 0 Å². The zero-order valence-corrected chi connectivity index (χ0v) is 22.6. The molecule has 2 heterocycles. The van der Waals surface area contributed by atoms with Gasteiger partial charge in [0.25, 0.3) is 0 Å². The number of piperidine rings is 1. The van der Waals surface area contributed by atoms with Gasteiger partial charge >= 0.3 is 12.1 Å². The first-order valence-electron chi connectivity index (χ1n) is 13.6. The van der Waals surface area contributed by atoms with Crippen molar-refractivity contribution < 1.29 is 28.6 Å². The van der Waals surface area contributed by atoms with Gasteiger partial charge in [0.05, 0.1) is 13.5 Å². The maximum Gasteiger partial charge on any atom is 0.409 e. The van der Waals surface area contributed by atoms with E-state index < -0.39 is 17.9 Å². The second-order valence-electron chi connectivity index (χ2n) is 10.8. The molecule has 0 saturated carbocycles. The molecule has 41 heavy (non-hydrogen) atoms. The molecule has 9 heteroatoms. The van der Waals surface area contributed by atoms with Crippen molar-refractivity contribution in [3.05, 3.63) is 89.4 Å². The molecule has 0 radical (unpaired) electrons. The van der Waals surface area contributed by atoms with Crippen LogP contribution in [-0.4, -0.2) is 47.3 Å². The van der Waals surface area contributed by atoms with Gasteiger partial charge in [0, 0.05) is 41.7 Å². The number of pyridine rings is 1. The summed E-state index contributed by atoms with van der Waals surface area (Å²) in [7, 11) is 1.38. The smallest absolute Gasteiger partial charge is 0.409 e. The van der Waals surface area contributed by atoms with Crippen LogP contribution in [0.5, 0.6) is 5.75 Å². The van der Waals surface area contributed by atoms with Crippen molar-refractivity contribution >= 4 is 28.7 Å². The molecule has 2 aliphatic rings. The highest BCUT2D eigenvalue weighted by atomic mass is 19.1. The second-order valence-corrected chi connectivity index (χ2v) is 10.8. The number of methoxy groups -OCH3 is 1. The monoisotopic (exact) mass is 555 g/mol. The number of hydrogen-bond donors (Lipinski definition) is 2. The molecule has 1 fully saturated rings. The summed E-state index contributed by atoms with van der Waals surface area (Å²) in [5.41, 5.74) is 10.4. The highest BCUT2D eigenvalue weighted by molar-refractivity contribution is 6.01. The molecule has 210 valence electrons. The lowest BCUT2D eigenvalue weighted by Crippen LogP contribution is -2.44. The molecule has 1 unspecified atom stereocenters. The minimum atomic E-state index is -1.02. The molecule has 1 amide bonds. The van der Waals surface area contributed by atoms with Gasteiger partial charge in [0.1, 0.15) is 23.5 Å². The fourth-order valence-electron chi connectivity index (χ4n) is 6.46. The van der Waals surface area contributed by atoms with E-state index in [0.29, 0.717) is 30.9 Å². The molecular formula is C32H30FN3O5. The minimum Gasteiger partial charge on any atom is -0.485 e. The van der Waals surface area contributed by atoms with Gasteiger partial charge in [0.2, 0.25) is 0 Å². The number of halogens is 1.